The van der Waals surface area contributed by atoms with Crippen LogP contribution in [0.5, 0.6) is 0 Å². The predicted molar refractivity (Wildman–Crippen MR) is 110 cm³/mol. The van der Waals surface area contributed by atoms with Gasteiger partial charge in [0.05, 0.1) is 11.9 Å². The van der Waals surface area contributed by atoms with Crippen LogP contribution in [-0.4, -0.2) is 47.2 Å². The molecule has 0 spiro atoms. The van der Waals surface area contributed by atoms with E-state index in [1.165, 1.54) is 0 Å². The molecule has 0 radical (unpaired) electrons. The number of nitrogens with one attached hydrogen (secondary N) is 3. The van der Waals surface area contributed by atoms with Gasteiger partial charge < -0.3 is 15.4 Å². The topological polar surface area (TPSA) is 113 Å². The molecular weight excluding hydrogens is 372 g/mol. The van der Waals surface area contributed by atoms with Gasteiger partial charge in [0.15, 0.2) is 12.3 Å². The molecule has 1 unspecified atom stereocenters. The number of esters is 1. The molecule has 3 N–H and O–H groups in total. The first-order valence-corrected chi connectivity index (χ1v) is 10.0. The molecule has 158 valence electrons. The maximum atomic E-state index is 12.2. The summed E-state index contributed by atoms with van der Waals surface area (Å²) in [6.07, 6.45) is 3.04. The quantitative estimate of drug-likeness (QED) is 0.500. The van der Waals surface area contributed by atoms with Crippen LogP contribution in [0.15, 0.2) is 24.3 Å². The van der Waals surface area contributed by atoms with Crippen molar-refractivity contribution >= 4 is 28.7 Å². The summed E-state index contributed by atoms with van der Waals surface area (Å²) in [5, 5.41) is 13.0. The van der Waals surface area contributed by atoms with Crippen LogP contribution in [0.4, 0.5) is 0 Å². The number of benzene rings is 1. The fourth-order valence-corrected chi connectivity index (χ4v) is 2.94. The van der Waals surface area contributed by atoms with Crippen LogP contribution in [-0.2, 0) is 14.3 Å². The van der Waals surface area contributed by atoms with Gasteiger partial charge in [-0.2, -0.15) is 5.10 Å². The van der Waals surface area contributed by atoms with Crippen LogP contribution < -0.4 is 10.6 Å². The SMILES string of the molecule is CC(C)CCCC(C)NC(=O)COC(=O)CCNC(=O)c1n[nH]c2ccccc12. The normalized spacial score (nSPS) is 12.0. The number of para-hydroxylation sites is 1. The molecule has 1 aromatic heterocycles. The molecule has 1 heterocycles. The summed E-state index contributed by atoms with van der Waals surface area (Å²) >= 11 is 0. The Morgan fingerprint density at radius 2 is 1.90 bits per heavy atom. The third kappa shape index (κ3) is 7.56. The number of ether oxygens (including phenoxy) is 1. The van der Waals surface area contributed by atoms with E-state index in [1.807, 2.05) is 25.1 Å². The lowest BCUT2D eigenvalue weighted by molar-refractivity contribution is -0.148. The highest BCUT2D eigenvalue weighted by Gasteiger charge is 2.15. The Kier molecular flexibility index (Phi) is 8.64. The Hall–Kier alpha value is -2.90. The van der Waals surface area contributed by atoms with Crippen LogP contribution >= 0.6 is 0 Å². The minimum absolute atomic E-state index is 0.0225. The molecule has 1 aromatic carbocycles. The maximum Gasteiger partial charge on any atom is 0.308 e. The second-order valence-electron chi connectivity index (χ2n) is 7.58. The van der Waals surface area contributed by atoms with Gasteiger partial charge in [-0.15, -0.1) is 0 Å². The third-order valence-corrected chi connectivity index (χ3v) is 4.49. The van der Waals surface area contributed by atoms with Gasteiger partial charge >= 0.3 is 5.97 Å². The lowest BCUT2D eigenvalue weighted by Gasteiger charge is -2.14. The Balaban J connectivity index is 1.63. The lowest BCUT2D eigenvalue weighted by Crippen LogP contribution is -2.36. The number of fused-ring (bicyclic) bond motifs is 1. The molecular formula is C21H30N4O4. The largest absolute Gasteiger partial charge is 0.456 e. The minimum Gasteiger partial charge on any atom is -0.456 e. The molecule has 0 aliphatic heterocycles. The first-order valence-electron chi connectivity index (χ1n) is 10.0. The van der Waals surface area contributed by atoms with Crippen molar-refractivity contribution in [2.45, 2.75) is 52.5 Å². The molecule has 0 aliphatic carbocycles. The van der Waals surface area contributed by atoms with Crippen molar-refractivity contribution in [2.24, 2.45) is 5.92 Å². The summed E-state index contributed by atoms with van der Waals surface area (Å²) in [6.45, 7) is 6.07. The molecule has 8 nitrogen and oxygen atoms in total. The summed E-state index contributed by atoms with van der Waals surface area (Å²) in [7, 11) is 0. The van der Waals surface area contributed by atoms with Crippen LogP contribution in [0.1, 0.15) is 56.9 Å². The van der Waals surface area contributed by atoms with Crippen LogP contribution in [0.2, 0.25) is 0 Å². The second kappa shape index (κ2) is 11.2. The molecule has 0 bridgehead atoms. The number of aromatic amines is 1. The highest BCUT2D eigenvalue weighted by molar-refractivity contribution is 6.04. The Morgan fingerprint density at radius 1 is 1.14 bits per heavy atom. The van der Waals surface area contributed by atoms with Gasteiger partial charge in [0.2, 0.25) is 0 Å². The van der Waals surface area contributed by atoms with Crippen molar-refractivity contribution in [1.82, 2.24) is 20.8 Å². The van der Waals surface area contributed by atoms with Gasteiger partial charge in [-0.1, -0.05) is 44.9 Å². The Bertz CT molecular complexity index is 831. The monoisotopic (exact) mass is 402 g/mol. The Labute approximate surface area is 170 Å². The van der Waals surface area contributed by atoms with Crippen LogP contribution in [0, 0.1) is 5.92 Å². The molecule has 2 rings (SSSR count). The summed E-state index contributed by atoms with van der Waals surface area (Å²) in [5.74, 6) is -0.587. The summed E-state index contributed by atoms with van der Waals surface area (Å²) < 4.78 is 4.97. The standard InChI is InChI=1S/C21H30N4O4/c1-14(2)7-6-8-15(3)23-18(26)13-29-19(27)11-12-22-21(28)20-16-9-4-5-10-17(16)24-25-20/h4-5,9-10,14-15H,6-8,11-13H2,1-3H3,(H,22,28)(H,23,26)(H,24,25). The number of nitrogens with zero attached hydrogens (tertiary/aromatic N) is 1. The number of carbonyl (C=O) groups excluding carboxylic acids is 3. The third-order valence-electron chi connectivity index (χ3n) is 4.49. The van der Waals surface area contributed by atoms with Crippen molar-refractivity contribution < 1.29 is 19.1 Å². The summed E-state index contributed by atoms with van der Waals surface area (Å²) in [6, 6.07) is 7.34. The van der Waals surface area contributed by atoms with E-state index in [0.29, 0.717) is 11.3 Å². The number of aromatic nitrogens is 2. The van der Waals surface area contributed by atoms with Gasteiger partial charge in [0, 0.05) is 18.0 Å². The van der Waals surface area contributed by atoms with E-state index in [1.54, 1.807) is 6.07 Å². The van der Waals surface area contributed by atoms with E-state index in [0.717, 1.165) is 24.8 Å². The van der Waals surface area contributed by atoms with Crippen molar-refractivity contribution in [3.63, 3.8) is 0 Å². The van der Waals surface area contributed by atoms with Crippen molar-refractivity contribution in [1.29, 1.82) is 0 Å². The molecule has 0 saturated heterocycles. The first kappa shape index (κ1) is 22.4. The van der Waals surface area contributed by atoms with E-state index in [2.05, 4.69) is 34.7 Å². The highest BCUT2D eigenvalue weighted by atomic mass is 16.5. The number of H-pyrrole nitrogens is 1. The van der Waals surface area contributed by atoms with Gasteiger partial charge in [-0.05, 0) is 25.3 Å². The van der Waals surface area contributed by atoms with Crippen LogP contribution in [0.25, 0.3) is 10.9 Å². The summed E-state index contributed by atoms with van der Waals surface area (Å²) in [5.41, 5.74) is 1.04. The predicted octanol–water partition coefficient (Wildman–Crippen LogP) is 2.56. The number of hydrogen-bond acceptors (Lipinski definition) is 5. The van der Waals surface area contributed by atoms with E-state index >= 15 is 0 Å². The number of hydrogen-bond donors (Lipinski definition) is 3. The average molecular weight is 402 g/mol. The zero-order valence-corrected chi connectivity index (χ0v) is 17.3. The maximum absolute atomic E-state index is 12.2. The fraction of sp³-hybridized carbons (Fsp3) is 0.524. The smallest absolute Gasteiger partial charge is 0.308 e. The average Bonchev–Trinajstić information content (AvgIpc) is 3.10. The minimum atomic E-state index is -0.542. The van der Waals surface area contributed by atoms with Gasteiger partial charge in [-0.3, -0.25) is 19.5 Å². The van der Waals surface area contributed by atoms with Crippen molar-refractivity contribution in [3.05, 3.63) is 30.0 Å². The molecule has 1 atom stereocenters. The summed E-state index contributed by atoms with van der Waals surface area (Å²) in [4.78, 5) is 35.8. The molecule has 0 aliphatic rings. The molecule has 2 amide bonds. The highest BCUT2D eigenvalue weighted by Crippen LogP contribution is 2.14. The van der Waals surface area contributed by atoms with Gasteiger partial charge in [0.25, 0.3) is 11.8 Å². The lowest BCUT2D eigenvalue weighted by atomic mass is 10.0. The van der Waals surface area contributed by atoms with E-state index in [9.17, 15) is 14.4 Å². The van der Waals surface area contributed by atoms with Crippen molar-refractivity contribution in [3.8, 4) is 0 Å². The molecule has 0 saturated carbocycles. The molecule has 29 heavy (non-hydrogen) atoms. The van der Waals surface area contributed by atoms with Gasteiger partial charge in [-0.25, -0.2) is 0 Å². The van der Waals surface area contributed by atoms with Crippen molar-refractivity contribution in [2.75, 3.05) is 13.2 Å². The number of rotatable bonds is 11. The fourth-order valence-electron chi connectivity index (χ4n) is 2.94. The molecule has 0 fully saturated rings. The number of carbonyl (C=O) groups is 3. The van der Waals surface area contributed by atoms with E-state index in [-0.39, 0.29) is 43.1 Å². The van der Waals surface area contributed by atoms with Gasteiger partial charge in [0.1, 0.15) is 0 Å². The molecule has 8 heteroatoms. The first-order chi connectivity index (χ1) is 13.9. The molecule has 2 aromatic rings. The zero-order chi connectivity index (χ0) is 21.2. The second-order valence-corrected chi connectivity index (χ2v) is 7.58. The zero-order valence-electron chi connectivity index (χ0n) is 17.3. The van der Waals surface area contributed by atoms with E-state index in [4.69, 9.17) is 4.74 Å². The van der Waals surface area contributed by atoms with Crippen LogP contribution in [0.3, 0.4) is 0 Å². The number of amides is 2. The Morgan fingerprint density at radius 3 is 2.66 bits per heavy atom. The van der Waals surface area contributed by atoms with E-state index < -0.39 is 5.97 Å².